The van der Waals surface area contributed by atoms with Gasteiger partial charge in [0.2, 0.25) is 5.91 Å². The van der Waals surface area contributed by atoms with Gasteiger partial charge in [-0.15, -0.1) is 0 Å². The van der Waals surface area contributed by atoms with Crippen molar-refractivity contribution in [1.82, 2.24) is 10.6 Å². The first-order valence-corrected chi connectivity index (χ1v) is 7.09. The third kappa shape index (κ3) is 5.67. The molecule has 3 amide bonds. The van der Waals surface area contributed by atoms with Gasteiger partial charge in [0.15, 0.2) is 0 Å². The number of anilines is 1. The summed E-state index contributed by atoms with van der Waals surface area (Å²) in [6, 6.07) is 4.04. The molecule has 0 aromatic heterocycles. The van der Waals surface area contributed by atoms with Crippen molar-refractivity contribution in [1.29, 1.82) is 0 Å². The molecule has 0 saturated carbocycles. The van der Waals surface area contributed by atoms with Crippen LogP contribution in [0.2, 0.25) is 0 Å². The summed E-state index contributed by atoms with van der Waals surface area (Å²) in [6.07, 6.45) is -1.82. The molecule has 5 nitrogen and oxygen atoms in total. The van der Waals surface area contributed by atoms with Crippen molar-refractivity contribution >= 4 is 17.6 Å². The van der Waals surface area contributed by atoms with Crippen LogP contribution >= 0.6 is 0 Å². The Morgan fingerprint density at radius 1 is 1.18 bits per heavy atom. The molecule has 0 bridgehead atoms. The van der Waals surface area contributed by atoms with Crippen LogP contribution in [-0.4, -0.2) is 24.0 Å². The molecule has 7 heteroatoms. The largest absolute Gasteiger partial charge is 0.352 e. The Morgan fingerprint density at radius 2 is 1.86 bits per heavy atom. The Balaban J connectivity index is 2.55. The van der Waals surface area contributed by atoms with E-state index in [0.29, 0.717) is 0 Å². The van der Waals surface area contributed by atoms with E-state index in [2.05, 4.69) is 16.0 Å². The van der Waals surface area contributed by atoms with Crippen molar-refractivity contribution in [3.05, 3.63) is 29.8 Å². The standard InChI is InChI=1S/C15H21F2N3O2/c1-4-9(2)18-14(21)10(3)19-15(22)20-12-7-5-6-11(8-12)13(16)17/h5-10,13H,4H2,1-3H3,(H,18,21)(H2,19,20,22). The summed E-state index contributed by atoms with van der Waals surface area (Å²) in [5.41, 5.74) is 0.0604. The highest BCUT2D eigenvalue weighted by Crippen LogP contribution is 2.21. The third-order valence-corrected chi connectivity index (χ3v) is 3.14. The molecule has 1 rings (SSSR count). The number of rotatable bonds is 6. The molecular formula is C15H21F2N3O2. The van der Waals surface area contributed by atoms with Crippen molar-refractivity contribution in [3.8, 4) is 0 Å². The quantitative estimate of drug-likeness (QED) is 0.755. The van der Waals surface area contributed by atoms with Crippen LogP contribution < -0.4 is 16.0 Å². The zero-order valence-electron chi connectivity index (χ0n) is 12.8. The van der Waals surface area contributed by atoms with Gasteiger partial charge < -0.3 is 16.0 Å². The van der Waals surface area contributed by atoms with Gasteiger partial charge in [0.05, 0.1) is 0 Å². The van der Waals surface area contributed by atoms with E-state index in [1.165, 1.54) is 24.3 Å². The van der Waals surface area contributed by atoms with Crippen LogP contribution in [0.4, 0.5) is 19.3 Å². The number of nitrogens with one attached hydrogen (secondary N) is 3. The number of alkyl halides is 2. The molecule has 0 saturated heterocycles. The predicted molar refractivity (Wildman–Crippen MR) is 80.9 cm³/mol. The summed E-state index contributed by atoms with van der Waals surface area (Å²) < 4.78 is 25.1. The second-order valence-electron chi connectivity index (χ2n) is 5.06. The summed E-state index contributed by atoms with van der Waals surface area (Å²) in [4.78, 5) is 23.6. The number of halogens is 2. The van der Waals surface area contributed by atoms with Crippen molar-refractivity contribution < 1.29 is 18.4 Å². The molecule has 0 radical (unpaired) electrons. The minimum absolute atomic E-state index is 0.0162. The molecule has 2 unspecified atom stereocenters. The maximum Gasteiger partial charge on any atom is 0.319 e. The average molecular weight is 313 g/mol. The number of hydrogen-bond donors (Lipinski definition) is 3. The van der Waals surface area contributed by atoms with Crippen LogP contribution in [0.25, 0.3) is 0 Å². The van der Waals surface area contributed by atoms with Crippen LogP contribution in [0, 0.1) is 0 Å². The average Bonchev–Trinajstić information content (AvgIpc) is 2.46. The summed E-state index contributed by atoms with van der Waals surface area (Å²) in [7, 11) is 0. The van der Waals surface area contributed by atoms with Crippen LogP contribution in [0.15, 0.2) is 24.3 Å². The van der Waals surface area contributed by atoms with E-state index >= 15 is 0 Å². The number of amides is 3. The van der Waals surface area contributed by atoms with E-state index in [-0.39, 0.29) is 23.2 Å². The maximum absolute atomic E-state index is 12.6. The highest BCUT2D eigenvalue weighted by Gasteiger charge is 2.17. The molecule has 22 heavy (non-hydrogen) atoms. The summed E-state index contributed by atoms with van der Waals surface area (Å²) in [6.45, 7) is 5.35. The first kappa shape index (κ1) is 17.9. The van der Waals surface area contributed by atoms with Crippen molar-refractivity contribution in [3.63, 3.8) is 0 Å². The lowest BCUT2D eigenvalue weighted by Gasteiger charge is -2.17. The number of urea groups is 1. The number of benzene rings is 1. The van der Waals surface area contributed by atoms with E-state index in [1.54, 1.807) is 6.92 Å². The van der Waals surface area contributed by atoms with Crippen LogP contribution in [0.5, 0.6) is 0 Å². The molecular weight excluding hydrogens is 292 g/mol. The molecule has 122 valence electrons. The fourth-order valence-electron chi connectivity index (χ4n) is 1.65. The zero-order valence-corrected chi connectivity index (χ0v) is 12.8. The Morgan fingerprint density at radius 3 is 2.45 bits per heavy atom. The van der Waals surface area contributed by atoms with Gasteiger partial charge in [0, 0.05) is 17.3 Å². The number of carbonyl (C=O) groups is 2. The van der Waals surface area contributed by atoms with Crippen LogP contribution in [0.1, 0.15) is 39.2 Å². The first-order chi connectivity index (χ1) is 10.3. The number of hydrogen-bond acceptors (Lipinski definition) is 2. The monoisotopic (exact) mass is 313 g/mol. The Hall–Kier alpha value is -2.18. The smallest absolute Gasteiger partial charge is 0.319 e. The maximum atomic E-state index is 12.6. The molecule has 0 heterocycles. The van der Waals surface area contributed by atoms with E-state index in [0.717, 1.165) is 6.42 Å². The molecule has 3 N–H and O–H groups in total. The molecule has 0 spiro atoms. The molecule has 1 aromatic carbocycles. The van der Waals surface area contributed by atoms with E-state index in [4.69, 9.17) is 0 Å². The minimum Gasteiger partial charge on any atom is -0.352 e. The van der Waals surface area contributed by atoms with E-state index < -0.39 is 18.5 Å². The molecule has 0 fully saturated rings. The van der Waals surface area contributed by atoms with Gasteiger partial charge in [-0.1, -0.05) is 19.1 Å². The number of carbonyl (C=O) groups excluding carboxylic acids is 2. The summed E-state index contributed by atoms with van der Waals surface area (Å²) in [5, 5.41) is 7.63. The second-order valence-corrected chi connectivity index (χ2v) is 5.06. The lowest BCUT2D eigenvalue weighted by molar-refractivity contribution is -0.123. The van der Waals surface area contributed by atoms with E-state index in [9.17, 15) is 18.4 Å². The minimum atomic E-state index is -2.61. The van der Waals surface area contributed by atoms with Gasteiger partial charge in [-0.2, -0.15) is 0 Å². The van der Waals surface area contributed by atoms with Crippen LogP contribution in [0.3, 0.4) is 0 Å². The van der Waals surface area contributed by atoms with Crippen molar-refractivity contribution in [2.75, 3.05) is 5.32 Å². The fraction of sp³-hybridized carbons (Fsp3) is 0.467. The lowest BCUT2D eigenvalue weighted by Crippen LogP contribution is -2.48. The Kier molecular flexibility index (Phi) is 6.75. The van der Waals surface area contributed by atoms with Crippen molar-refractivity contribution in [2.24, 2.45) is 0 Å². The Bertz CT molecular complexity index is 523. The Labute approximate surface area is 128 Å². The van der Waals surface area contributed by atoms with Gasteiger partial charge in [-0.25, -0.2) is 13.6 Å². The van der Waals surface area contributed by atoms with Crippen molar-refractivity contribution in [2.45, 2.75) is 45.7 Å². The first-order valence-electron chi connectivity index (χ1n) is 7.09. The SMILES string of the molecule is CCC(C)NC(=O)C(C)NC(=O)Nc1cccc(C(F)F)c1. The highest BCUT2D eigenvalue weighted by atomic mass is 19.3. The molecule has 2 atom stereocenters. The second kappa shape index (κ2) is 8.31. The summed E-state index contributed by atoms with van der Waals surface area (Å²) >= 11 is 0. The fourth-order valence-corrected chi connectivity index (χ4v) is 1.65. The van der Waals surface area contributed by atoms with E-state index in [1.807, 2.05) is 13.8 Å². The van der Waals surface area contributed by atoms with Gasteiger partial charge in [0.1, 0.15) is 6.04 Å². The summed E-state index contributed by atoms with van der Waals surface area (Å²) in [5.74, 6) is -0.300. The van der Waals surface area contributed by atoms with Gasteiger partial charge in [0.25, 0.3) is 6.43 Å². The van der Waals surface area contributed by atoms with Gasteiger partial charge >= 0.3 is 6.03 Å². The third-order valence-electron chi connectivity index (χ3n) is 3.14. The molecule has 0 aliphatic rings. The van der Waals surface area contributed by atoms with Gasteiger partial charge in [-0.05, 0) is 32.4 Å². The predicted octanol–water partition coefficient (Wildman–Crippen LogP) is 3.05. The van der Waals surface area contributed by atoms with Crippen LogP contribution in [-0.2, 0) is 4.79 Å². The molecule has 0 aliphatic heterocycles. The topological polar surface area (TPSA) is 70.2 Å². The zero-order chi connectivity index (χ0) is 16.7. The molecule has 0 aliphatic carbocycles. The molecule has 1 aromatic rings. The normalized spacial score (nSPS) is 13.4. The lowest BCUT2D eigenvalue weighted by atomic mass is 10.2. The highest BCUT2D eigenvalue weighted by molar-refractivity contribution is 5.93. The van der Waals surface area contributed by atoms with Gasteiger partial charge in [-0.3, -0.25) is 4.79 Å².